The van der Waals surface area contributed by atoms with Crippen molar-refractivity contribution in [3.05, 3.63) is 47.8 Å². The summed E-state index contributed by atoms with van der Waals surface area (Å²) >= 11 is 5.60. The van der Waals surface area contributed by atoms with Crippen LogP contribution < -0.4 is 5.32 Å². The van der Waals surface area contributed by atoms with Crippen LogP contribution in [0.25, 0.3) is 10.8 Å². The molecule has 1 N–H and O–H groups in total. The zero-order valence-electron chi connectivity index (χ0n) is 11.2. The van der Waals surface area contributed by atoms with Crippen molar-refractivity contribution in [2.75, 3.05) is 12.4 Å². The molecule has 1 amide bonds. The van der Waals surface area contributed by atoms with Gasteiger partial charge in [0.1, 0.15) is 5.82 Å². The lowest BCUT2D eigenvalue weighted by atomic mass is 10.0. The lowest BCUT2D eigenvalue weighted by Crippen LogP contribution is -2.24. The van der Waals surface area contributed by atoms with Gasteiger partial charge in [0.2, 0.25) is 0 Å². The van der Waals surface area contributed by atoms with Crippen LogP contribution >= 0.6 is 11.6 Å². The van der Waals surface area contributed by atoms with Gasteiger partial charge in [-0.05, 0) is 30.4 Å². The standard InChI is InChI=1S/C16H17ClFNO/c17-10-4-1-5-11-19-16(20)14-8-9-15(18)13-7-3-2-6-12(13)14/h2-3,6-9H,1,4-5,10-11H2,(H,19,20). The second kappa shape index (κ2) is 7.25. The van der Waals surface area contributed by atoms with Crippen LogP contribution in [-0.4, -0.2) is 18.3 Å². The number of carbonyl (C=O) groups is 1. The molecule has 2 nitrogen and oxygen atoms in total. The number of benzene rings is 2. The average Bonchev–Trinajstić information content (AvgIpc) is 2.47. The molecule has 0 aliphatic carbocycles. The van der Waals surface area contributed by atoms with Crippen LogP contribution in [0.1, 0.15) is 29.6 Å². The third-order valence-electron chi connectivity index (χ3n) is 3.21. The molecule has 4 heteroatoms. The van der Waals surface area contributed by atoms with Crippen LogP contribution in [0.3, 0.4) is 0 Å². The summed E-state index contributed by atoms with van der Waals surface area (Å²) in [6, 6.07) is 9.89. The summed E-state index contributed by atoms with van der Waals surface area (Å²) in [4.78, 5) is 12.1. The lowest BCUT2D eigenvalue weighted by Gasteiger charge is -2.08. The SMILES string of the molecule is O=C(NCCCCCCl)c1ccc(F)c2ccccc12. The van der Waals surface area contributed by atoms with Crippen LogP contribution in [0.15, 0.2) is 36.4 Å². The zero-order chi connectivity index (χ0) is 14.4. The smallest absolute Gasteiger partial charge is 0.251 e. The van der Waals surface area contributed by atoms with Crippen LogP contribution in [-0.2, 0) is 0 Å². The molecule has 0 heterocycles. The highest BCUT2D eigenvalue weighted by molar-refractivity contribution is 6.17. The number of alkyl halides is 1. The summed E-state index contributed by atoms with van der Waals surface area (Å²) < 4.78 is 13.7. The van der Waals surface area contributed by atoms with Crippen molar-refractivity contribution in [1.29, 1.82) is 0 Å². The predicted molar refractivity (Wildman–Crippen MR) is 80.8 cm³/mol. The number of hydrogen-bond acceptors (Lipinski definition) is 1. The molecule has 0 unspecified atom stereocenters. The highest BCUT2D eigenvalue weighted by atomic mass is 35.5. The first-order valence-corrected chi connectivity index (χ1v) is 7.29. The number of rotatable bonds is 6. The third-order valence-corrected chi connectivity index (χ3v) is 3.48. The van der Waals surface area contributed by atoms with Gasteiger partial charge in [-0.15, -0.1) is 11.6 Å². The average molecular weight is 294 g/mol. The first-order chi connectivity index (χ1) is 9.74. The molecule has 2 aromatic carbocycles. The Bertz CT molecular complexity index is 600. The fraction of sp³-hybridized carbons (Fsp3) is 0.312. The van der Waals surface area contributed by atoms with Crippen molar-refractivity contribution >= 4 is 28.3 Å². The van der Waals surface area contributed by atoms with E-state index >= 15 is 0 Å². The van der Waals surface area contributed by atoms with E-state index in [2.05, 4.69) is 5.32 Å². The third kappa shape index (κ3) is 3.48. The Labute approximate surface area is 122 Å². The second-order valence-electron chi connectivity index (χ2n) is 4.65. The fourth-order valence-corrected chi connectivity index (χ4v) is 2.34. The fourth-order valence-electron chi connectivity index (χ4n) is 2.15. The normalized spacial score (nSPS) is 10.7. The van der Waals surface area contributed by atoms with Crippen molar-refractivity contribution in [2.45, 2.75) is 19.3 Å². The largest absolute Gasteiger partial charge is 0.352 e. The van der Waals surface area contributed by atoms with E-state index in [9.17, 15) is 9.18 Å². The van der Waals surface area contributed by atoms with Crippen molar-refractivity contribution in [3.63, 3.8) is 0 Å². The maximum Gasteiger partial charge on any atom is 0.251 e. The van der Waals surface area contributed by atoms with Gasteiger partial charge >= 0.3 is 0 Å². The molecular weight excluding hydrogens is 277 g/mol. The topological polar surface area (TPSA) is 29.1 Å². The van der Waals surface area contributed by atoms with E-state index in [4.69, 9.17) is 11.6 Å². The molecule has 0 spiro atoms. The highest BCUT2D eigenvalue weighted by Crippen LogP contribution is 2.21. The molecule has 0 saturated carbocycles. The van der Waals surface area contributed by atoms with Gasteiger partial charge in [0.05, 0.1) is 0 Å². The Hall–Kier alpha value is -1.61. The Kier molecular flexibility index (Phi) is 5.36. The number of halogens is 2. The molecule has 0 radical (unpaired) electrons. The predicted octanol–water partition coefficient (Wildman–Crippen LogP) is 4.12. The minimum atomic E-state index is -0.306. The van der Waals surface area contributed by atoms with E-state index in [1.54, 1.807) is 24.3 Å². The van der Waals surface area contributed by atoms with Crippen LogP contribution in [0.4, 0.5) is 4.39 Å². The Morgan fingerprint density at radius 3 is 2.55 bits per heavy atom. The van der Waals surface area contributed by atoms with E-state index in [0.29, 0.717) is 28.8 Å². The van der Waals surface area contributed by atoms with Gasteiger partial charge in [-0.2, -0.15) is 0 Å². The van der Waals surface area contributed by atoms with E-state index in [1.165, 1.54) is 12.1 Å². The molecule has 20 heavy (non-hydrogen) atoms. The molecule has 106 valence electrons. The summed E-state index contributed by atoms with van der Waals surface area (Å²) in [5, 5.41) is 3.98. The van der Waals surface area contributed by atoms with Gasteiger partial charge in [0.25, 0.3) is 5.91 Å². The Balaban J connectivity index is 2.09. The molecule has 0 atom stereocenters. The summed E-state index contributed by atoms with van der Waals surface area (Å²) in [5.74, 6) is 0.183. The number of unbranched alkanes of at least 4 members (excludes halogenated alkanes) is 2. The molecule has 0 fully saturated rings. The summed E-state index contributed by atoms with van der Waals surface area (Å²) in [6.07, 6.45) is 2.85. The lowest BCUT2D eigenvalue weighted by molar-refractivity contribution is 0.0954. The molecule has 0 bridgehead atoms. The van der Waals surface area contributed by atoms with Gasteiger partial charge in [-0.1, -0.05) is 30.7 Å². The van der Waals surface area contributed by atoms with Crippen LogP contribution in [0.2, 0.25) is 0 Å². The Morgan fingerprint density at radius 2 is 1.80 bits per heavy atom. The maximum absolute atomic E-state index is 13.7. The number of fused-ring (bicyclic) bond motifs is 1. The van der Waals surface area contributed by atoms with Gasteiger partial charge < -0.3 is 5.32 Å². The summed E-state index contributed by atoms with van der Waals surface area (Å²) in [6.45, 7) is 0.613. The molecular formula is C16H17ClFNO. The van der Waals surface area contributed by atoms with Gasteiger partial charge in [0, 0.05) is 23.4 Å². The molecule has 2 aromatic rings. The van der Waals surface area contributed by atoms with Gasteiger partial charge in [0.15, 0.2) is 0 Å². The molecule has 0 saturated heterocycles. The number of hydrogen-bond donors (Lipinski definition) is 1. The van der Waals surface area contributed by atoms with Crippen LogP contribution in [0.5, 0.6) is 0 Å². The second-order valence-corrected chi connectivity index (χ2v) is 5.02. The van der Waals surface area contributed by atoms with Crippen LogP contribution in [0, 0.1) is 5.82 Å². The van der Waals surface area contributed by atoms with E-state index in [0.717, 1.165) is 19.3 Å². The van der Waals surface area contributed by atoms with Crippen molar-refractivity contribution in [2.24, 2.45) is 0 Å². The monoisotopic (exact) mass is 293 g/mol. The van der Waals surface area contributed by atoms with E-state index < -0.39 is 0 Å². The van der Waals surface area contributed by atoms with Gasteiger partial charge in [-0.25, -0.2) is 4.39 Å². The minimum absolute atomic E-state index is 0.160. The van der Waals surface area contributed by atoms with E-state index in [-0.39, 0.29) is 11.7 Å². The number of carbonyl (C=O) groups excluding carboxylic acids is 1. The van der Waals surface area contributed by atoms with Gasteiger partial charge in [-0.3, -0.25) is 4.79 Å². The van der Waals surface area contributed by atoms with E-state index in [1.807, 2.05) is 0 Å². The molecule has 0 aromatic heterocycles. The quantitative estimate of drug-likeness (QED) is 0.630. The maximum atomic E-state index is 13.7. The first kappa shape index (κ1) is 14.8. The highest BCUT2D eigenvalue weighted by Gasteiger charge is 2.11. The minimum Gasteiger partial charge on any atom is -0.352 e. The van der Waals surface area contributed by atoms with Crippen molar-refractivity contribution < 1.29 is 9.18 Å². The zero-order valence-corrected chi connectivity index (χ0v) is 11.9. The van der Waals surface area contributed by atoms with Crippen molar-refractivity contribution in [1.82, 2.24) is 5.32 Å². The molecule has 0 aliphatic rings. The number of amides is 1. The number of nitrogens with one attached hydrogen (secondary N) is 1. The van der Waals surface area contributed by atoms with Crippen molar-refractivity contribution in [3.8, 4) is 0 Å². The summed E-state index contributed by atoms with van der Waals surface area (Å²) in [5.41, 5.74) is 0.513. The Morgan fingerprint density at radius 1 is 1.05 bits per heavy atom. The molecule has 2 rings (SSSR count). The first-order valence-electron chi connectivity index (χ1n) is 6.75. The summed E-state index contributed by atoms with van der Waals surface area (Å²) in [7, 11) is 0. The molecule has 0 aliphatic heterocycles.